The van der Waals surface area contributed by atoms with Gasteiger partial charge in [0.25, 0.3) is 0 Å². The standard InChI is InChI=1S/C48H40F6N4O7/c1-27(43-29(3)63-45(55-43)31-5-9-35(10-6-31)47(49,50)51)25-61-37-13-15-39-33(21-37)17-19-57(39)23-41(59)65-42(60)24-58-20-18-34-22-38(14-16-40(34)58)62-26-28(2)44-30(4)64-46(56-44)32-7-11-36(12-8-32)48(52,53)54/h5-22,27-28H,23-26H2,1-4H3. The third-order valence-corrected chi connectivity index (χ3v) is 10.8. The van der Waals surface area contributed by atoms with Crippen molar-refractivity contribution >= 4 is 33.7 Å². The first-order valence-electron chi connectivity index (χ1n) is 20.4. The Hall–Kier alpha value is -7.30. The lowest BCUT2D eigenvalue weighted by atomic mass is 10.1. The molecule has 8 aromatic rings. The molecule has 0 fully saturated rings. The molecule has 336 valence electrons. The number of nitrogens with zero attached hydrogens (tertiary/aromatic N) is 4. The Labute approximate surface area is 367 Å². The molecule has 4 aromatic carbocycles. The van der Waals surface area contributed by atoms with Gasteiger partial charge in [0, 0.05) is 57.2 Å². The highest BCUT2D eigenvalue weighted by Crippen LogP contribution is 2.35. The molecule has 0 amide bonds. The van der Waals surface area contributed by atoms with Crippen LogP contribution >= 0.6 is 0 Å². The summed E-state index contributed by atoms with van der Waals surface area (Å²) in [5.41, 5.74) is 1.99. The van der Waals surface area contributed by atoms with Crippen LogP contribution in [0.4, 0.5) is 26.3 Å². The summed E-state index contributed by atoms with van der Waals surface area (Å²) in [7, 11) is 0. The van der Waals surface area contributed by atoms with Crippen LogP contribution in [-0.4, -0.2) is 44.3 Å². The zero-order valence-electron chi connectivity index (χ0n) is 35.3. The van der Waals surface area contributed by atoms with Gasteiger partial charge in [0.15, 0.2) is 0 Å². The second-order valence-electron chi connectivity index (χ2n) is 15.7. The molecule has 0 saturated heterocycles. The molecule has 0 aliphatic rings. The number of hydrogen-bond acceptors (Lipinski definition) is 9. The van der Waals surface area contributed by atoms with E-state index in [1.54, 1.807) is 59.6 Å². The van der Waals surface area contributed by atoms with Gasteiger partial charge in [0.1, 0.15) is 36.1 Å². The summed E-state index contributed by atoms with van der Waals surface area (Å²) >= 11 is 0. The highest BCUT2D eigenvalue weighted by molar-refractivity contribution is 5.89. The number of aryl methyl sites for hydroxylation is 2. The van der Waals surface area contributed by atoms with E-state index < -0.39 is 35.4 Å². The molecular weight excluding hydrogens is 859 g/mol. The Morgan fingerprint density at radius 2 is 0.969 bits per heavy atom. The van der Waals surface area contributed by atoms with Crippen LogP contribution in [0.2, 0.25) is 0 Å². The molecule has 8 rings (SSSR count). The number of benzene rings is 4. The average molecular weight is 899 g/mol. The molecule has 17 heteroatoms. The third kappa shape index (κ3) is 9.93. The quantitative estimate of drug-likeness (QED) is 0.0596. The summed E-state index contributed by atoms with van der Waals surface area (Å²) in [6.07, 6.45) is -5.48. The highest BCUT2D eigenvalue weighted by atomic mass is 19.4. The Morgan fingerprint density at radius 3 is 1.34 bits per heavy atom. The van der Waals surface area contributed by atoms with Gasteiger partial charge in [-0.2, -0.15) is 26.3 Å². The Bertz CT molecular complexity index is 2800. The maximum atomic E-state index is 13.0. The number of rotatable bonds is 14. The smallest absolute Gasteiger partial charge is 0.416 e. The monoisotopic (exact) mass is 898 g/mol. The number of oxazole rings is 2. The number of esters is 2. The minimum Gasteiger partial charge on any atom is -0.493 e. The highest BCUT2D eigenvalue weighted by Gasteiger charge is 2.31. The van der Waals surface area contributed by atoms with Crippen molar-refractivity contribution in [1.82, 2.24) is 19.1 Å². The summed E-state index contributed by atoms with van der Waals surface area (Å²) in [6.45, 7) is 7.31. The van der Waals surface area contributed by atoms with E-state index in [0.29, 0.717) is 56.6 Å². The largest absolute Gasteiger partial charge is 0.493 e. The second-order valence-corrected chi connectivity index (χ2v) is 15.7. The molecule has 0 spiro atoms. The van der Waals surface area contributed by atoms with Crippen LogP contribution < -0.4 is 9.47 Å². The van der Waals surface area contributed by atoms with Crippen LogP contribution in [0.5, 0.6) is 11.5 Å². The summed E-state index contributed by atoms with van der Waals surface area (Å²) in [5.74, 6) is 0.699. The van der Waals surface area contributed by atoms with Crippen LogP contribution in [0.1, 0.15) is 59.7 Å². The molecule has 0 bridgehead atoms. The van der Waals surface area contributed by atoms with Crippen molar-refractivity contribution in [2.75, 3.05) is 13.2 Å². The zero-order valence-corrected chi connectivity index (χ0v) is 35.3. The summed E-state index contributed by atoms with van der Waals surface area (Å²) in [5, 5.41) is 1.57. The van der Waals surface area contributed by atoms with Gasteiger partial charge in [0.2, 0.25) is 11.8 Å². The van der Waals surface area contributed by atoms with Crippen molar-refractivity contribution in [3.63, 3.8) is 0 Å². The van der Waals surface area contributed by atoms with E-state index in [-0.39, 0.29) is 49.9 Å². The van der Waals surface area contributed by atoms with Gasteiger partial charge >= 0.3 is 24.3 Å². The Balaban J connectivity index is 0.815. The van der Waals surface area contributed by atoms with E-state index in [0.717, 1.165) is 35.0 Å². The van der Waals surface area contributed by atoms with Crippen LogP contribution in [-0.2, 0) is 39.8 Å². The normalized spacial score (nSPS) is 13.0. The average Bonchev–Trinajstić information content (AvgIpc) is 4.06. The van der Waals surface area contributed by atoms with E-state index in [4.69, 9.17) is 23.0 Å². The van der Waals surface area contributed by atoms with E-state index in [9.17, 15) is 35.9 Å². The topological polar surface area (TPSA) is 124 Å². The number of aromatic nitrogens is 4. The van der Waals surface area contributed by atoms with Gasteiger partial charge in [0.05, 0.1) is 35.7 Å². The van der Waals surface area contributed by atoms with Gasteiger partial charge < -0.3 is 32.2 Å². The fraction of sp³-hybridized carbons (Fsp3) is 0.250. The van der Waals surface area contributed by atoms with E-state index in [1.807, 2.05) is 38.1 Å². The van der Waals surface area contributed by atoms with E-state index in [2.05, 4.69) is 9.97 Å². The molecule has 0 N–H and O–H groups in total. The minimum absolute atomic E-state index is 0.213. The maximum absolute atomic E-state index is 13.0. The van der Waals surface area contributed by atoms with Crippen LogP contribution in [0, 0.1) is 13.8 Å². The molecule has 4 aromatic heterocycles. The van der Waals surface area contributed by atoms with Crippen LogP contribution in [0.15, 0.2) is 118 Å². The van der Waals surface area contributed by atoms with Crippen molar-refractivity contribution in [2.24, 2.45) is 0 Å². The lowest BCUT2D eigenvalue weighted by Crippen LogP contribution is -2.20. The number of carbonyl (C=O) groups is 2. The zero-order chi connectivity index (χ0) is 46.2. The van der Waals surface area contributed by atoms with Crippen molar-refractivity contribution in [2.45, 2.75) is 65.0 Å². The van der Waals surface area contributed by atoms with Crippen LogP contribution in [0.3, 0.4) is 0 Å². The van der Waals surface area contributed by atoms with Crippen molar-refractivity contribution in [1.29, 1.82) is 0 Å². The number of fused-ring (bicyclic) bond motifs is 2. The molecule has 0 aliphatic carbocycles. The molecule has 65 heavy (non-hydrogen) atoms. The number of carbonyl (C=O) groups excluding carboxylic acids is 2. The molecule has 2 atom stereocenters. The first-order valence-corrected chi connectivity index (χ1v) is 20.4. The molecular formula is C48H40F6N4O7. The predicted molar refractivity (Wildman–Crippen MR) is 226 cm³/mol. The fourth-order valence-corrected chi connectivity index (χ4v) is 7.46. The van der Waals surface area contributed by atoms with Gasteiger partial charge in [-0.15, -0.1) is 0 Å². The Kier molecular flexibility index (Phi) is 12.1. The lowest BCUT2D eigenvalue weighted by molar-refractivity contribution is -0.160. The van der Waals surface area contributed by atoms with E-state index in [1.165, 1.54) is 24.3 Å². The number of hydrogen-bond donors (Lipinski definition) is 0. The second kappa shape index (κ2) is 17.7. The van der Waals surface area contributed by atoms with Crippen LogP contribution in [0.25, 0.3) is 44.7 Å². The van der Waals surface area contributed by atoms with Crippen molar-refractivity contribution in [3.05, 3.63) is 143 Å². The SMILES string of the molecule is Cc1oc(-c2ccc(C(F)(F)F)cc2)nc1C(C)COc1ccc2c(ccn2CC(=O)OC(=O)Cn2ccc3cc(OCC(C)c4nc(-c5ccc(C(F)(F)F)cc5)oc4C)ccc32)c1. The van der Waals surface area contributed by atoms with Crippen molar-refractivity contribution < 1.29 is 59.0 Å². The van der Waals surface area contributed by atoms with Gasteiger partial charge in [-0.05, 0) is 111 Å². The van der Waals surface area contributed by atoms with E-state index >= 15 is 0 Å². The van der Waals surface area contributed by atoms with Gasteiger partial charge in [-0.3, -0.25) is 0 Å². The summed E-state index contributed by atoms with van der Waals surface area (Å²) in [4.78, 5) is 34.9. The minimum atomic E-state index is -4.44. The third-order valence-electron chi connectivity index (χ3n) is 10.8. The maximum Gasteiger partial charge on any atom is 0.416 e. The molecule has 2 unspecified atom stereocenters. The number of halogens is 6. The number of alkyl halides is 6. The first-order chi connectivity index (χ1) is 30.9. The summed E-state index contributed by atoms with van der Waals surface area (Å²) < 4.78 is 110. The molecule has 0 saturated carbocycles. The Morgan fingerprint density at radius 1 is 0.585 bits per heavy atom. The predicted octanol–water partition coefficient (Wildman–Crippen LogP) is 11.7. The van der Waals surface area contributed by atoms with Gasteiger partial charge in [-0.25, -0.2) is 19.6 Å². The molecule has 4 heterocycles. The molecule has 11 nitrogen and oxygen atoms in total. The molecule has 0 radical (unpaired) electrons. The van der Waals surface area contributed by atoms with Gasteiger partial charge in [-0.1, -0.05) is 13.8 Å². The van der Waals surface area contributed by atoms with Crippen molar-refractivity contribution in [3.8, 4) is 34.4 Å². The molecule has 0 aliphatic heterocycles. The fourth-order valence-electron chi connectivity index (χ4n) is 7.46. The summed E-state index contributed by atoms with van der Waals surface area (Å²) in [6, 6.07) is 23.5. The lowest BCUT2D eigenvalue weighted by Gasteiger charge is -2.12. The number of ether oxygens (including phenoxy) is 3. The first kappa shape index (κ1) is 44.3.